The van der Waals surface area contributed by atoms with Crippen molar-refractivity contribution in [2.45, 2.75) is 58.4 Å². The zero-order chi connectivity index (χ0) is 15.2. The van der Waals surface area contributed by atoms with Gasteiger partial charge >= 0.3 is 0 Å². The Kier molecular flexibility index (Phi) is 8.90. The predicted molar refractivity (Wildman–Crippen MR) is 87.4 cm³/mol. The van der Waals surface area contributed by atoms with E-state index < -0.39 is 5.54 Å². The van der Waals surface area contributed by atoms with Gasteiger partial charge in [0.05, 0.1) is 5.54 Å². The summed E-state index contributed by atoms with van der Waals surface area (Å²) < 4.78 is 0. The van der Waals surface area contributed by atoms with Crippen LogP contribution in [0.5, 0.6) is 0 Å². The average Bonchev–Trinajstić information content (AvgIpc) is 2.44. The first-order chi connectivity index (χ1) is 9.42. The van der Waals surface area contributed by atoms with Crippen molar-refractivity contribution >= 4 is 24.2 Å². The molecule has 0 aromatic heterocycles. The summed E-state index contributed by atoms with van der Waals surface area (Å²) in [6.07, 6.45) is 4.02. The maximum atomic E-state index is 12.4. The standard InChI is InChI=1S/C15H29N3O2.ClH/c1-4-8-15(3,16)14(20)18-10-6-12(7-11-18)13(19)17-9-5-2;/h12H,4-11,16H2,1-3H3,(H,17,19);1H. The third-order valence-electron chi connectivity index (χ3n) is 3.96. The van der Waals surface area contributed by atoms with Gasteiger partial charge in [-0.1, -0.05) is 20.3 Å². The largest absolute Gasteiger partial charge is 0.356 e. The van der Waals surface area contributed by atoms with Gasteiger partial charge in [-0.15, -0.1) is 12.4 Å². The molecule has 1 heterocycles. The van der Waals surface area contributed by atoms with Crippen LogP contribution >= 0.6 is 12.4 Å². The highest BCUT2D eigenvalue weighted by molar-refractivity contribution is 5.86. The summed E-state index contributed by atoms with van der Waals surface area (Å²) in [4.78, 5) is 26.1. The third kappa shape index (κ3) is 5.83. The molecule has 0 bridgehead atoms. The number of nitrogens with one attached hydrogen (secondary N) is 1. The molecule has 0 radical (unpaired) electrons. The molecule has 0 aliphatic carbocycles. The number of carbonyl (C=O) groups is 2. The fraction of sp³-hybridized carbons (Fsp3) is 0.867. The second-order valence-corrected chi connectivity index (χ2v) is 6.02. The molecular formula is C15H30ClN3O2. The Hall–Kier alpha value is -0.810. The monoisotopic (exact) mass is 319 g/mol. The van der Waals surface area contributed by atoms with Crippen LogP contribution in [0, 0.1) is 5.92 Å². The van der Waals surface area contributed by atoms with Gasteiger partial charge < -0.3 is 16.0 Å². The van der Waals surface area contributed by atoms with Crippen molar-refractivity contribution in [2.75, 3.05) is 19.6 Å². The van der Waals surface area contributed by atoms with Crippen molar-refractivity contribution < 1.29 is 9.59 Å². The number of nitrogens with zero attached hydrogens (tertiary/aromatic N) is 1. The van der Waals surface area contributed by atoms with E-state index in [2.05, 4.69) is 5.32 Å². The summed E-state index contributed by atoms with van der Waals surface area (Å²) in [6, 6.07) is 0. The lowest BCUT2D eigenvalue weighted by atomic mass is 9.91. The minimum Gasteiger partial charge on any atom is -0.356 e. The minimum absolute atomic E-state index is 0. The molecule has 21 heavy (non-hydrogen) atoms. The van der Waals surface area contributed by atoms with E-state index in [1.807, 2.05) is 18.7 Å². The van der Waals surface area contributed by atoms with Crippen LogP contribution in [-0.2, 0) is 9.59 Å². The van der Waals surface area contributed by atoms with E-state index in [-0.39, 0.29) is 30.1 Å². The molecule has 5 nitrogen and oxygen atoms in total. The Bertz CT molecular complexity index is 340. The van der Waals surface area contributed by atoms with E-state index in [0.717, 1.165) is 32.2 Å². The molecule has 1 atom stereocenters. The number of amides is 2. The Morgan fingerprint density at radius 2 is 1.81 bits per heavy atom. The summed E-state index contributed by atoms with van der Waals surface area (Å²) in [5, 5.41) is 2.93. The van der Waals surface area contributed by atoms with Gasteiger partial charge in [-0.2, -0.15) is 0 Å². The fourth-order valence-corrected chi connectivity index (χ4v) is 2.72. The molecule has 1 aliphatic rings. The highest BCUT2D eigenvalue weighted by atomic mass is 35.5. The highest BCUT2D eigenvalue weighted by Crippen LogP contribution is 2.21. The lowest BCUT2D eigenvalue weighted by molar-refractivity contribution is -0.140. The summed E-state index contributed by atoms with van der Waals surface area (Å²) in [6.45, 7) is 7.88. The van der Waals surface area contributed by atoms with Gasteiger partial charge in [0.25, 0.3) is 0 Å². The third-order valence-corrected chi connectivity index (χ3v) is 3.96. The second-order valence-electron chi connectivity index (χ2n) is 6.02. The van der Waals surface area contributed by atoms with E-state index in [4.69, 9.17) is 5.73 Å². The number of halogens is 1. The van der Waals surface area contributed by atoms with E-state index in [1.165, 1.54) is 0 Å². The molecule has 1 aliphatic heterocycles. The smallest absolute Gasteiger partial charge is 0.242 e. The van der Waals surface area contributed by atoms with Gasteiger partial charge in [-0.25, -0.2) is 0 Å². The molecule has 1 fully saturated rings. The van der Waals surface area contributed by atoms with Crippen LogP contribution in [0.3, 0.4) is 0 Å². The highest BCUT2D eigenvalue weighted by Gasteiger charge is 2.34. The first-order valence-electron chi connectivity index (χ1n) is 7.78. The molecule has 0 saturated carbocycles. The number of nitrogens with two attached hydrogens (primary N) is 1. The Labute approximate surface area is 134 Å². The molecule has 1 saturated heterocycles. The van der Waals surface area contributed by atoms with Crippen LogP contribution in [0.15, 0.2) is 0 Å². The van der Waals surface area contributed by atoms with E-state index >= 15 is 0 Å². The van der Waals surface area contributed by atoms with Crippen molar-refractivity contribution in [1.29, 1.82) is 0 Å². The molecule has 124 valence electrons. The molecule has 0 aromatic rings. The number of carbonyl (C=O) groups excluding carboxylic acids is 2. The molecular weight excluding hydrogens is 290 g/mol. The fourth-order valence-electron chi connectivity index (χ4n) is 2.72. The molecule has 1 unspecified atom stereocenters. The van der Waals surface area contributed by atoms with Crippen molar-refractivity contribution in [3.8, 4) is 0 Å². The topological polar surface area (TPSA) is 75.4 Å². The SMILES string of the molecule is CCCNC(=O)C1CCN(C(=O)C(C)(N)CCC)CC1.Cl. The normalized spacial score (nSPS) is 18.6. The van der Waals surface area contributed by atoms with Gasteiger partial charge in [-0.3, -0.25) is 9.59 Å². The van der Waals surface area contributed by atoms with Crippen molar-refractivity contribution in [3.63, 3.8) is 0 Å². The van der Waals surface area contributed by atoms with Crippen LogP contribution in [0.2, 0.25) is 0 Å². The molecule has 0 spiro atoms. The molecule has 3 N–H and O–H groups in total. The number of rotatable bonds is 6. The first kappa shape index (κ1) is 20.2. The van der Waals surface area contributed by atoms with E-state index in [9.17, 15) is 9.59 Å². The number of piperidine rings is 1. The van der Waals surface area contributed by atoms with Gasteiger partial charge in [-0.05, 0) is 32.6 Å². The van der Waals surface area contributed by atoms with Gasteiger partial charge in [0.2, 0.25) is 11.8 Å². The average molecular weight is 320 g/mol. The summed E-state index contributed by atoms with van der Waals surface area (Å²) in [7, 11) is 0. The lowest BCUT2D eigenvalue weighted by Gasteiger charge is -2.36. The Balaban J connectivity index is 0.00000400. The Morgan fingerprint density at radius 1 is 1.24 bits per heavy atom. The molecule has 6 heteroatoms. The minimum atomic E-state index is -0.772. The maximum Gasteiger partial charge on any atom is 0.242 e. The lowest BCUT2D eigenvalue weighted by Crippen LogP contribution is -2.55. The van der Waals surface area contributed by atoms with Crippen LogP contribution in [0.25, 0.3) is 0 Å². The zero-order valence-corrected chi connectivity index (χ0v) is 14.3. The van der Waals surface area contributed by atoms with Gasteiger partial charge in [0.15, 0.2) is 0 Å². The summed E-state index contributed by atoms with van der Waals surface area (Å²) in [5.41, 5.74) is 5.32. The van der Waals surface area contributed by atoms with Crippen LogP contribution in [-0.4, -0.2) is 41.9 Å². The summed E-state index contributed by atoms with van der Waals surface area (Å²) >= 11 is 0. The summed E-state index contributed by atoms with van der Waals surface area (Å²) in [5.74, 6) is 0.190. The zero-order valence-electron chi connectivity index (χ0n) is 13.5. The van der Waals surface area contributed by atoms with Crippen molar-refractivity contribution in [1.82, 2.24) is 10.2 Å². The van der Waals surface area contributed by atoms with Crippen LogP contribution < -0.4 is 11.1 Å². The number of hydrogen-bond donors (Lipinski definition) is 2. The Morgan fingerprint density at radius 3 is 2.29 bits per heavy atom. The van der Waals surface area contributed by atoms with Crippen LogP contribution in [0.1, 0.15) is 52.9 Å². The van der Waals surface area contributed by atoms with Gasteiger partial charge in [0, 0.05) is 25.6 Å². The predicted octanol–water partition coefficient (Wildman–Crippen LogP) is 1.69. The van der Waals surface area contributed by atoms with E-state index in [1.54, 1.807) is 6.92 Å². The molecule has 2 amide bonds. The number of likely N-dealkylation sites (tertiary alicyclic amines) is 1. The second kappa shape index (κ2) is 9.26. The quantitative estimate of drug-likeness (QED) is 0.782. The maximum absolute atomic E-state index is 12.4. The van der Waals surface area contributed by atoms with Crippen molar-refractivity contribution in [3.05, 3.63) is 0 Å². The van der Waals surface area contributed by atoms with Crippen molar-refractivity contribution in [2.24, 2.45) is 11.7 Å². The first-order valence-corrected chi connectivity index (χ1v) is 7.78. The number of hydrogen-bond acceptors (Lipinski definition) is 3. The van der Waals surface area contributed by atoms with E-state index in [0.29, 0.717) is 19.5 Å². The van der Waals surface area contributed by atoms with Gasteiger partial charge in [0.1, 0.15) is 0 Å². The van der Waals surface area contributed by atoms with Crippen LogP contribution in [0.4, 0.5) is 0 Å². The molecule has 0 aromatic carbocycles. The molecule has 1 rings (SSSR count).